The first-order chi connectivity index (χ1) is 10.9. The van der Waals surface area contributed by atoms with E-state index < -0.39 is 5.60 Å². The van der Waals surface area contributed by atoms with Crippen LogP contribution in [0.25, 0.3) is 0 Å². The summed E-state index contributed by atoms with van der Waals surface area (Å²) in [5.74, 6) is 2.03. The van der Waals surface area contributed by atoms with Gasteiger partial charge in [0.05, 0.1) is 6.04 Å². The van der Waals surface area contributed by atoms with Gasteiger partial charge in [-0.3, -0.25) is 4.99 Å². The predicted molar refractivity (Wildman–Crippen MR) is 114 cm³/mol. The normalized spacial score (nSPS) is 15.4. The van der Waals surface area contributed by atoms with Gasteiger partial charge >= 0.3 is 6.09 Å². The molecule has 0 aliphatic carbocycles. The second-order valence-corrected chi connectivity index (χ2v) is 7.67. The Bertz CT molecular complexity index is 396. The van der Waals surface area contributed by atoms with Gasteiger partial charge in [0, 0.05) is 26.2 Å². The summed E-state index contributed by atoms with van der Waals surface area (Å²) in [6.07, 6.45) is 4.18. The van der Waals surface area contributed by atoms with Crippen LogP contribution < -0.4 is 10.6 Å². The van der Waals surface area contributed by atoms with Crippen molar-refractivity contribution in [1.29, 1.82) is 0 Å². The lowest BCUT2D eigenvalue weighted by atomic mass is 10.1. The lowest BCUT2D eigenvalue weighted by molar-refractivity contribution is 0.00701. The van der Waals surface area contributed by atoms with Gasteiger partial charge in [-0.2, -0.15) is 11.8 Å². The Labute approximate surface area is 168 Å². The summed E-state index contributed by atoms with van der Waals surface area (Å²) in [6.45, 7) is 10.7. The number of thioether (sulfide) groups is 1. The van der Waals surface area contributed by atoms with Crippen LogP contribution in [0.5, 0.6) is 0 Å². The first-order valence-corrected chi connectivity index (χ1v) is 9.76. The molecule has 24 heavy (non-hydrogen) atoms. The molecule has 0 bridgehead atoms. The molecule has 1 saturated heterocycles. The number of halogens is 1. The third kappa shape index (κ3) is 9.80. The first-order valence-electron chi connectivity index (χ1n) is 8.37. The number of aliphatic imine (C=N–C) groups is 1. The van der Waals surface area contributed by atoms with Crippen LogP contribution in [0.1, 0.15) is 40.5 Å². The highest BCUT2D eigenvalue weighted by molar-refractivity contribution is 14.0. The fourth-order valence-electron chi connectivity index (χ4n) is 2.11. The number of ether oxygens (including phenoxy) is 1. The van der Waals surface area contributed by atoms with Gasteiger partial charge in [-0.1, -0.05) is 0 Å². The zero-order valence-electron chi connectivity index (χ0n) is 15.6. The maximum Gasteiger partial charge on any atom is 0.410 e. The highest BCUT2D eigenvalue weighted by atomic mass is 127. The van der Waals surface area contributed by atoms with Crippen molar-refractivity contribution in [2.45, 2.75) is 52.2 Å². The molecule has 0 atom stereocenters. The molecule has 0 aromatic heterocycles. The molecule has 6 nitrogen and oxygen atoms in total. The van der Waals surface area contributed by atoms with Gasteiger partial charge in [-0.05, 0) is 52.5 Å². The molecule has 0 aromatic rings. The van der Waals surface area contributed by atoms with Crippen LogP contribution in [0.4, 0.5) is 4.79 Å². The zero-order valence-corrected chi connectivity index (χ0v) is 18.7. The lowest BCUT2D eigenvalue weighted by Crippen LogP contribution is -2.63. The Balaban J connectivity index is 0.00000529. The molecule has 1 rings (SSSR count). The molecule has 1 amide bonds. The second kappa shape index (κ2) is 12.1. The lowest BCUT2D eigenvalue weighted by Gasteiger charge is -2.40. The SMILES string of the molecule is CCNC(=NCCCCSC)NC1CN(C(=O)OC(C)(C)C)C1.I. The monoisotopic (exact) mass is 472 g/mol. The molecular weight excluding hydrogens is 439 g/mol. The topological polar surface area (TPSA) is 66.0 Å². The zero-order chi connectivity index (χ0) is 17.3. The van der Waals surface area contributed by atoms with E-state index in [4.69, 9.17) is 4.74 Å². The van der Waals surface area contributed by atoms with E-state index >= 15 is 0 Å². The molecule has 142 valence electrons. The van der Waals surface area contributed by atoms with Crippen LogP contribution in [-0.2, 0) is 4.74 Å². The van der Waals surface area contributed by atoms with Crippen LogP contribution in [0.15, 0.2) is 4.99 Å². The number of likely N-dealkylation sites (tertiary alicyclic amines) is 1. The summed E-state index contributed by atoms with van der Waals surface area (Å²) >= 11 is 1.87. The summed E-state index contributed by atoms with van der Waals surface area (Å²) in [5.41, 5.74) is -0.442. The third-order valence-corrected chi connectivity index (χ3v) is 3.94. The number of unbranched alkanes of at least 4 members (excludes halogenated alkanes) is 1. The summed E-state index contributed by atoms with van der Waals surface area (Å²) < 4.78 is 5.36. The van der Waals surface area contributed by atoms with E-state index in [9.17, 15) is 4.79 Å². The van der Waals surface area contributed by atoms with Gasteiger partial charge in [-0.15, -0.1) is 24.0 Å². The minimum Gasteiger partial charge on any atom is -0.444 e. The van der Waals surface area contributed by atoms with Crippen LogP contribution in [0.3, 0.4) is 0 Å². The summed E-state index contributed by atoms with van der Waals surface area (Å²) in [5, 5.41) is 6.63. The van der Waals surface area contributed by atoms with E-state index in [-0.39, 0.29) is 36.1 Å². The molecule has 1 aliphatic heterocycles. The Hall–Kier alpha value is -0.380. The predicted octanol–water partition coefficient (Wildman–Crippen LogP) is 2.92. The van der Waals surface area contributed by atoms with Crippen LogP contribution in [0, 0.1) is 0 Å². The molecule has 0 aromatic carbocycles. The molecule has 8 heteroatoms. The summed E-state index contributed by atoms with van der Waals surface area (Å²) in [4.78, 5) is 18.2. The molecule has 1 aliphatic rings. The number of nitrogens with zero attached hydrogens (tertiary/aromatic N) is 2. The van der Waals surface area contributed by atoms with Gasteiger partial charge < -0.3 is 20.3 Å². The summed E-state index contributed by atoms with van der Waals surface area (Å²) in [7, 11) is 0. The number of carbonyl (C=O) groups is 1. The molecule has 0 saturated carbocycles. The number of carbonyl (C=O) groups excluding carboxylic acids is 1. The number of hydrogen-bond acceptors (Lipinski definition) is 4. The molecule has 1 fully saturated rings. The molecule has 0 spiro atoms. The van der Waals surface area contributed by atoms with Gasteiger partial charge in [0.2, 0.25) is 0 Å². The maximum atomic E-state index is 11.9. The average molecular weight is 472 g/mol. The van der Waals surface area contributed by atoms with E-state index in [1.165, 1.54) is 12.2 Å². The highest BCUT2D eigenvalue weighted by Crippen LogP contribution is 2.15. The first kappa shape index (κ1) is 23.6. The molecule has 1 heterocycles. The minimum absolute atomic E-state index is 0. The second-order valence-electron chi connectivity index (χ2n) is 6.69. The fourth-order valence-corrected chi connectivity index (χ4v) is 2.60. The van der Waals surface area contributed by atoms with Crippen molar-refractivity contribution in [1.82, 2.24) is 15.5 Å². The van der Waals surface area contributed by atoms with Crippen molar-refractivity contribution < 1.29 is 9.53 Å². The highest BCUT2D eigenvalue weighted by Gasteiger charge is 2.34. The van der Waals surface area contributed by atoms with Gasteiger partial charge in [0.1, 0.15) is 5.60 Å². The van der Waals surface area contributed by atoms with Crippen LogP contribution in [-0.4, -0.2) is 66.8 Å². The van der Waals surface area contributed by atoms with E-state index in [2.05, 4.69) is 28.8 Å². The van der Waals surface area contributed by atoms with Gasteiger partial charge in [-0.25, -0.2) is 4.79 Å². The molecular formula is C16H33IN4O2S. The summed E-state index contributed by atoms with van der Waals surface area (Å²) in [6, 6.07) is 0.242. The van der Waals surface area contributed by atoms with Crippen LogP contribution >= 0.6 is 35.7 Å². The molecule has 0 radical (unpaired) electrons. The molecule has 0 unspecified atom stereocenters. The quantitative estimate of drug-likeness (QED) is 0.258. The number of nitrogens with one attached hydrogen (secondary N) is 2. The number of amides is 1. The minimum atomic E-state index is -0.442. The Kier molecular flexibility index (Phi) is 11.9. The Morgan fingerprint density at radius 1 is 1.33 bits per heavy atom. The average Bonchev–Trinajstić information content (AvgIpc) is 2.39. The third-order valence-electron chi connectivity index (χ3n) is 3.24. The van der Waals surface area contributed by atoms with E-state index in [1.54, 1.807) is 4.90 Å². The van der Waals surface area contributed by atoms with E-state index in [1.807, 2.05) is 32.5 Å². The number of guanidine groups is 1. The van der Waals surface area contributed by atoms with Crippen molar-refractivity contribution in [3.05, 3.63) is 0 Å². The molecule has 2 N–H and O–H groups in total. The largest absolute Gasteiger partial charge is 0.444 e. The number of hydrogen-bond donors (Lipinski definition) is 2. The van der Waals surface area contributed by atoms with Gasteiger partial charge in [0.25, 0.3) is 0 Å². The smallest absolute Gasteiger partial charge is 0.410 e. The standard InChI is InChI=1S/C16H32N4O2S.HI/c1-6-17-14(18-9-7-8-10-23-5)19-13-11-20(12-13)15(21)22-16(2,3)4;/h13H,6-12H2,1-5H3,(H2,17,18,19);1H. The van der Waals surface area contributed by atoms with Crippen LogP contribution in [0.2, 0.25) is 0 Å². The maximum absolute atomic E-state index is 11.9. The van der Waals surface area contributed by atoms with E-state index in [0.29, 0.717) is 13.1 Å². The Morgan fingerprint density at radius 2 is 2.00 bits per heavy atom. The fraction of sp³-hybridized carbons (Fsp3) is 0.875. The van der Waals surface area contributed by atoms with Crippen molar-refractivity contribution in [3.8, 4) is 0 Å². The van der Waals surface area contributed by atoms with Gasteiger partial charge in [0.15, 0.2) is 5.96 Å². The Morgan fingerprint density at radius 3 is 2.54 bits per heavy atom. The van der Waals surface area contributed by atoms with Crippen molar-refractivity contribution in [2.75, 3.05) is 38.2 Å². The van der Waals surface area contributed by atoms with Crippen molar-refractivity contribution in [3.63, 3.8) is 0 Å². The number of rotatable bonds is 7. The van der Waals surface area contributed by atoms with Crippen molar-refractivity contribution in [2.24, 2.45) is 4.99 Å². The van der Waals surface area contributed by atoms with E-state index in [0.717, 1.165) is 25.5 Å². The van der Waals surface area contributed by atoms with Crippen molar-refractivity contribution >= 4 is 47.8 Å².